The van der Waals surface area contributed by atoms with Gasteiger partial charge in [0.15, 0.2) is 6.10 Å². The lowest BCUT2D eigenvalue weighted by Crippen LogP contribution is -2.45. The maximum Gasteiger partial charge on any atom is 0.407 e. The molecule has 3 amide bonds. The average molecular weight is 463 g/mol. The van der Waals surface area contributed by atoms with Crippen molar-refractivity contribution in [3.05, 3.63) is 54.1 Å². The molecule has 0 fully saturated rings. The average Bonchev–Trinajstić information content (AvgIpc) is 2.86. The van der Waals surface area contributed by atoms with Gasteiger partial charge in [0, 0.05) is 25.6 Å². The number of amides is 3. The summed E-state index contributed by atoms with van der Waals surface area (Å²) in [5, 5.41) is 4.82. The van der Waals surface area contributed by atoms with Crippen molar-refractivity contribution in [3.63, 3.8) is 0 Å². The van der Waals surface area contributed by atoms with E-state index in [-0.39, 0.29) is 18.9 Å². The topological polar surface area (TPSA) is 87.7 Å². The molecule has 1 unspecified atom stereocenters. The molecule has 0 saturated carbocycles. The van der Waals surface area contributed by atoms with E-state index in [9.17, 15) is 27.6 Å². The predicted octanol–water partition coefficient (Wildman–Crippen LogP) is 3.94. The Morgan fingerprint density at radius 2 is 1.73 bits per heavy atom. The van der Waals surface area contributed by atoms with Crippen molar-refractivity contribution in [2.45, 2.75) is 38.1 Å². The Kier molecular flexibility index (Phi) is 7.25. The van der Waals surface area contributed by atoms with Crippen LogP contribution in [-0.2, 0) is 14.3 Å². The van der Waals surface area contributed by atoms with E-state index in [1.54, 1.807) is 19.2 Å². The number of carbonyl (C=O) groups is 3. The third-order valence-electron chi connectivity index (χ3n) is 5.25. The Balaban J connectivity index is 1.69. The van der Waals surface area contributed by atoms with Crippen molar-refractivity contribution in [2.24, 2.45) is 0 Å². The number of nitrogens with one attached hydrogen (secondary N) is 2. The van der Waals surface area contributed by atoms with Gasteiger partial charge < -0.3 is 20.3 Å². The van der Waals surface area contributed by atoms with E-state index in [0.29, 0.717) is 11.3 Å². The van der Waals surface area contributed by atoms with Crippen molar-refractivity contribution < 1.29 is 32.3 Å². The second-order valence-electron chi connectivity index (χ2n) is 7.64. The number of alkyl halides is 3. The van der Waals surface area contributed by atoms with E-state index in [0.717, 1.165) is 11.1 Å². The molecule has 2 aromatic carbocycles. The number of halogens is 3. The van der Waals surface area contributed by atoms with E-state index in [1.807, 2.05) is 36.4 Å². The number of hydrogen-bond acceptors (Lipinski definition) is 4. The molecule has 176 valence electrons. The van der Waals surface area contributed by atoms with Crippen LogP contribution in [-0.4, -0.2) is 43.8 Å². The molecule has 0 aromatic heterocycles. The number of anilines is 1. The van der Waals surface area contributed by atoms with Crippen molar-refractivity contribution in [1.82, 2.24) is 10.6 Å². The number of rotatable bonds is 6. The fourth-order valence-corrected chi connectivity index (χ4v) is 3.57. The van der Waals surface area contributed by atoms with Gasteiger partial charge >= 0.3 is 12.3 Å². The fourth-order valence-electron chi connectivity index (χ4n) is 3.57. The van der Waals surface area contributed by atoms with Crippen molar-refractivity contribution >= 4 is 23.6 Å². The lowest BCUT2D eigenvalue weighted by molar-refractivity contribution is -0.135. The van der Waals surface area contributed by atoms with Gasteiger partial charge in [-0.25, -0.2) is 4.79 Å². The minimum atomic E-state index is -4.31. The predicted molar refractivity (Wildman–Crippen MR) is 115 cm³/mol. The normalized spacial score (nSPS) is 16.2. The number of nitrogens with zero attached hydrogens (tertiary/aromatic N) is 1. The number of hydrogen-bond donors (Lipinski definition) is 2. The van der Waals surface area contributed by atoms with Gasteiger partial charge in [-0.05, 0) is 30.5 Å². The number of likely N-dealkylation sites (N-methyl/N-ethyl adjacent to an activating group) is 1. The summed E-state index contributed by atoms with van der Waals surface area (Å²) < 4.78 is 41.5. The Labute approximate surface area is 188 Å². The summed E-state index contributed by atoms with van der Waals surface area (Å²) in [5.41, 5.74) is 2.90. The zero-order valence-electron chi connectivity index (χ0n) is 18.1. The summed E-state index contributed by atoms with van der Waals surface area (Å²) in [4.78, 5) is 39.2. The molecule has 0 aliphatic carbocycles. The Morgan fingerprint density at radius 1 is 1.09 bits per heavy atom. The van der Waals surface area contributed by atoms with Crippen LogP contribution in [0.15, 0.2) is 48.5 Å². The maximum atomic E-state index is 13.2. The van der Waals surface area contributed by atoms with Crippen molar-refractivity contribution in [3.8, 4) is 11.1 Å². The zero-order valence-corrected chi connectivity index (χ0v) is 18.1. The lowest BCUT2D eigenvalue weighted by Gasteiger charge is -2.24. The van der Waals surface area contributed by atoms with E-state index in [4.69, 9.17) is 4.74 Å². The van der Waals surface area contributed by atoms with Crippen molar-refractivity contribution in [2.75, 3.05) is 18.5 Å². The molecule has 33 heavy (non-hydrogen) atoms. The van der Waals surface area contributed by atoms with Crippen LogP contribution >= 0.6 is 0 Å². The van der Waals surface area contributed by atoms with Gasteiger partial charge in [0.2, 0.25) is 0 Å². The second-order valence-corrected chi connectivity index (χ2v) is 7.64. The first kappa shape index (κ1) is 24.1. The quantitative estimate of drug-likeness (QED) is 0.636. The first-order chi connectivity index (χ1) is 15.6. The smallest absolute Gasteiger partial charge is 0.407 e. The van der Waals surface area contributed by atoms with Crippen LogP contribution in [0.4, 0.5) is 23.7 Å². The van der Waals surface area contributed by atoms with Crippen LogP contribution in [0.5, 0.6) is 0 Å². The van der Waals surface area contributed by atoms with Crippen molar-refractivity contribution in [1.29, 1.82) is 0 Å². The van der Waals surface area contributed by atoms with E-state index in [2.05, 4.69) is 10.6 Å². The molecular weight excluding hydrogens is 439 g/mol. The molecule has 2 N–H and O–H groups in total. The van der Waals surface area contributed by atoms with E-state index >= 15 is 0 Å². The highest BCUT2D eigenvalue weighted by Gasteiger charge is 2.34. The van der Waals surface area contributed by atoms with Crippen LogP contribution in [0.25, 0.3) is 11.1 Å². The summed E-state index contributed by atoms with van der Waals surface area (Å²) in [7, 11) is 1.61. The molecule has 1 aliphatic heterocycles. The molecule has 2 aromatic rings. The molecule has 2 atom stereocenters. The van der Waals surface area contributed by atoms with Crippen LogP contribution in [0.1, 0.15) is 31.4 Å². The van der Waals surface area contributed by atoms with Gasteiger partial charge in [0.1, 0.15) is 6.04 Å². The van der Waals surface area contributed by atoms with Gasteiger partial charge in [-0.3, -0.25) is 9.59 Å². The SMILES string of the molecule is C[C@@H](OC(=O)NCCCC(F)(F)F)C(=O)NC1C(=O)N(C)c2ccccc2-c2ccccc21. The molecule has 10 heteroatoms. The number of fused-ring (bicyclic) bond motifs is 3. The van der Waals surface area contributed by atoms with Gasteiger partial charge in [-0.1, -0.05) is 42.5 Å². The zero-order chi connectivity index (χ0) is 24.2. The third-order valence-corrected chi connectivity index (χ3v) is 5.25. The molecule has 7 nitrogen and oxygen atoms in total. The Bertz CT molecular complexity index is 1040. The van der Waals surface area contributed by atoms with Crippen LogP contribution < -0.4 is 15.5 Å². The Morgan fingerprint density at radius 3 is 2.42 bits per heavy atom. The molecule has 1 heterocycles. The number of para-hydroxylation sites is 1. The van der Waals surface area contributed by atoms with Gasteiger partial charge in [-0.15, -0.1) is 0 Å². The summed E-state index contributed by atoms with van der Waals surface area (Å²) in [6.07, 6.45) is -7.95. The summed E-state index contributed by atoms with van der Waals surface area (Å²) in [6, 6.07) is 13.5. The monoisotopic (exact) mass is 463 g/mol. The highest BCUT2D eigenvalue weighted by Crippen LogP contribution is 2.39. The van der Waals surface area contributed by atoms with E-state index < -0.39 is 36.7 Å². The summed E-state index contributed by atoms with van der Waals surface area (Å²) >= 11 is 0. The van der Waals surface area contributed by atoms with Crippen LogP contribution in [0.2, 0.25) is 0 Å². The van der Waals surface area contributed by atoms with Crippen LogP contribution in [0.3, 0.4) is 0 Å². The molecule has 0 bridgehead atoms. The molecular formula is C23H24F3N3O4. The lowest BCUT2D eigenvalue weighted by atomic mass is 9.95. The first-order valence-electron chi connectivity index (χ1n) is 10.4. The standard InChI is InChI=1S/C23H24F3N3O4/c1-14(33-22(32)27-13-7-12-23(24,25)26)20(30)28-19-17-10-4-3-8-15(17)16-9-5-6-11-18(16)29(2)21(19)31/h3-6,8-11,14,19H,7,12-13H2,1-2H3,(H,27,32)(H,28,30)/t14-,19?/m1/s1. The molecule has 0 radical (unpaired) electrons. The maximum absolute atomic E-state index is 13.2. The van der Waals surface area contributed by atoms with E-state index in [1.165, 1.54) is 11.8 Å². The second kappa shape index (κ2) is 9.93. The molecule has 1 aliphatic rings. The summed E-state index contributed by atoms with van der Waals surface area (Å²) in [5.74, 6) is -1.09. The number of alkyl carbamates (subject to hydrolysis) is 1. The van der Waals surface area contributed by atoms with Gasteiger partial charge in [0.05, 0.1) is 5.69 Å². The Hall–Kier alpha value is -3.56. The highest BCUT2D eigenvalue weighted by atomic mass is 19.4. The van der Waals surface area contributed by atoms with Crippen LogP contribution in [0, 0.1) is 0 Å². The highest BCUT2D eigenvalue weighted by molar-refractivity contribution is 6.06. The summed E-state index contributed by atoms with van der Waals surface area (Å²) in [6.45, 7) is 1.07. The molecule has 3 rings (SSSR count). The number of benzene rings is 2. The first-order valence-corrected chi connectivity index (χ1v) is 10.4. The molecule has 0 saturated heterocycles. The van der Waals surface area contributed by atoms with Gasteiger partial charge in [0.25, 0.3) is 11.8 Å². The largest absolute Gasteiger partial charge is 0.436 e. The fraction of sp³-hybridized carbons (Fsp3) is 0.348. The number of carbonyl (C=O) groups excluding carboxylic acids is 3. The number of ether oxygens (including phenoxy) is 1. The minimum Gasteiger partial charge on any atom is -0.436 e. The van der Waals surface area contributed by atoms with Gasteiger partial charge in [-0.2, -0.15) is 13.2 Å². The minimum absolute atomic E-state index is 0.246. The third kappa shape index (κ3) is 5.82. The molecule has 0 spiro atoms.